The summed E-state index contributed by atoms with van der Waals surface area (Å²) in [7, 11) is 1.73. The topological polar surface area (TPSA) is 38.5 Å². The Morgan fingerprint density at radius 1 is 1.14 bits per heavy atom. The fraction of sp³-hybridized carbons (Fsp3) is 0.667. The van der Waals surface area contributed by atoms with Crippen LogP contribution in [-0.4, -0.2) is 31.1 Å². The molecule has 1 aromatic carbocycles. The third kappa shape index (κ3) is 4.72. The summed E-state index contributed by atoms with van der Waals surface area (Å²) in [4.78, 5) is 2.50. The van der Waals surface area contributed by atoms with Crippen LogP contribution in [0.4, 0.5) is 0 Å². The zero-order valence-electron chi connectivity index (χ0n) is 14.3. The van der Waals surface area contributed by atoms with Crippen LogP contribution in [0.25, 0.3) is 0 Å². The van der Waals surface area contributed by atoms with Gasteiger partial charge in [0, 0.05) is 18.2 Å². The van der Waals surface area contributed by atoms with Crippen molar-refractivity contribution in [2.75, 3.05) is 20.2 Å². The molecule has 0 amide bonds. The lowest BCUT2D eigenvalue weighted by atomic mass is 9.95. The highest BCUT2D eigenvalue weighted by Crippen LogP contribution is 2.32. The highest BCUT2D eigenvalue weighted by atomic mass is 16.5. The smallest absolute Gasteiger partial charge is 0.123 e. The maximum atomic E-state index is 6.33. The first-order valence-electron chi connectivity index (χ1n) is 8.21. The molecule has 2 atom stereocenters. The molecule has 0 heterocycles. The maximum absolute atomic E-state index is 6.33. The van der Waals surface area contributed by atoms with Gasteiger partial charge in [0.1, 0.15) is 5.75 Å². The number of nitrogens with two attached hydrogens (primary N) is 1. The van der Waals surface area contributed by atoms with Crippen LogP contribution in [0.5, 0.6) is 5.75 Å². The second-order valence-electron chi connectivity index (χ2n) is 5.82. The summed E-state index contributed by atoms with van der Waals surface area (Å²) in [5.41, 5.74) is 7.53. The van der Waals surface area contributed by atoms with Crippen LogP contribution < -0.4 is 10.5 Å². The van der Waals surface area contributed by atoms with E-state index in [9.17, 15) is 0 Å². The van der Waals surface area contributed by atoms with Gasteiger partial charge in [-0.2, -0.15) is 0 Å². The Hall–Kier alpha value is -1.06. The first kappa shape index (κ1) is 18.0. The molecule has 0 saturated carbocycles. The van der Waals surface area contributed by atoms with Crippen LogP contribution in [0.15, 0.2) is 24.3 Å². The van der Waals surface area contributed by atoms with E-state index in [1.807, 2.05) is 12.1 Å². The van der Waals surface area contributed by atoms with Gasteiger partial charge in [-0.25, -0.2) is 0 Å². The monoisotopic (exact) mass is 292 g/mol. The van der Waals surface area contributed by atoms with Crippen molar-refractivity contribution in [3.63, 3.8) is 0 Å². The van der Waals surface area contributed by atoms with Gasteiger partial charge in [0.15, 0.2) is 0 Å². The molecule has 120 valence electrons. The Labute approximate surface area is 130 Å². The van der Waals surface area contributed by atoms with Crippen molar-refractivity contribution in [2.24, 2.45) is 11.7 Å². The van der Waals surface area contributed by atoms with Crippen molar-refractivity contribution in [3.05, 3.63) is 29.8 Å². The van der Waals surface area contributed by atoms with Crippen molar-refractivity contribution in [2.45, 2.75) is 52.6 Å². The van der Waals surface area contributed by atoms with E-state index in [1.54, 1.807) is 7.11 Å². The number of methoxy groups -OCH3 is 1. The van der Waals surface area contributed by atoms with Gasteiger partial charge in [0.2, 0.25) is 0 Å². The molecule has 2 unspecified atom stereocenters. The Bertz CT molecular complexity index is 402. The summed E-state index contributed by atoms with van der Waals surface area (Å²) in [6, 6.07) is 8.51. The van der Waals surface area contributed by atoms with Gasteiger partial charge >= 0.3 is 0 Å². The largest absolute Gasteiger partial charge is 0.496 e. The molecule has 0 aliphatic heterocycles. The second-order valence-corrected chi connectivity index (χ2v) is 5.82. The lowest BCUT2D eigenvalue weighted by molar-refractivity contribution is 0.151. The fourth-order valence-corrected chi connectivity index (χ4v) is 3.04. The third-order valence-corrected chi connectivity index (χ3v) is 4.40. The average molecular weight is 292 g/mol. The number of rotatable bonds is 9. The molecule has 3 heteroatoms. The van der Waals surface area contributed by atoms with Crippen molar-refractivity contribution < 1.29 is 4.74 Å². The number of likely N-dealkylation sites (N-methyl/N-ethyl adjacent to an activating group) is 1. The summed E-state index contributed by atoms with van der Waals surface area (Å²) >= 11 is 0. The van der Waals surface area contributed by atoms with Crippen LogP contribution >= 0.6 is 0 Å². The molecular weight excluding hydrogens is 260 g/mol. The van der Waals surface area contributed by atoms with Gasteiger partial charge < -0.3 is 10.5 Å². The number of nitrogens with zero attached hydrogens (tertiary/aromatic N) is 1. The molecule has 0 fully saturated rings. The number of benzene rings is 1. The van der Waals surface area contributed by atoms with E-state index in [0.29, 0.717) is 0 Å². The van der Waals surface area contributed by atoms with Gasteiger partial charge in [-0.1, -0.05) is 51.8 Å². The summed E-state index contributed by atoms with van der Waals surface area (Å²) in [5, 5.41) is 0. The zero-order chi connectivity index (χ0) is 15.8. The fourth-order valence-electron chi connectivity index (χ4n) is 3.04. The number of hydrogen-bond acceptors (Lipinski definition) is 3. The van der Waals surface area contributed by atoms with Gasteiger partial charge in [-0.3, -0.25) is 4.90 Å². The minimum atomic E-state index is 0.0654. The Morgan fingerprint density at radius 3 is 2.24 bits per heavy atom. The van der Waals surface area contributed by atoms with Crippen LogP contribution in [0.2, 0.25) is 0 Å². The Balaban J connectivity index is 3.08. The standard InChI is InChI=1S/C18H32N2O/c1-6-15(7-2)13-20(8-3)18(14(4)19)16-11-9-10-12-17(16)21-5/h9-12,14-15,18H,6-8,13,19H2,1-5H3. The van der Waals surface area contributed by atoms with Crippen molar-refractivity contribution in [1.82, 2.24) is 4.90 Å². The molecule has 0 aromatic heterocycles. The minimum absolute atomic E-state index is 0.0654. The summed E-state index contributed by atoms with van der Waals surface area (Å²) in [6.07, 6.45) is 2.43. The average Bonchev–Trinajstić information content (AvgIpc) is 2.51. The second kappa shape index (κ2) is 9.06. The molecule has 0 radical (unpaired) electrons. The quantitative estimate of drug-likeness (QED) is 0.751. The molecule has 21 heavy (non-hydrogen) atoms. The van der Waals surface area contributed by atoms with Crippen molar-refractivity contribution >= 4 is 0 Å². The SMILES string of the molecule is CCC(CC)CN(CC)C(c1ccccc1OC)C(C)N. The zero-order valence-corrected chi connectivity index (χ0v) is 14.3. The highest BCUT2D eigenvalue weighted by Gasteiger charge is 2.26. The molecule has 0 aliphatic carbocycles. The van der Waals surface area contributed by atoms with E-state index in [1.165, 1.54) is 18.4 Å². The first-order valence-corrected chi connectivity index (χ1v) is 8.21. The molecule has 3 nitrogen and oxygen atoms in total. The highest BCUT2D eigenvalue weighted by molar-refractivity contribution is 5.36. The number of para-hydroxylation sites is 1. The van der Waals surface area contributed by atoms with Crippen LogP contribution in [-0.2, 0) is 0 Å². The first-order chi connectivity index (χ1) is 10.1. The summed E-state index contributed by atoms with van der Waals surface area (Å²) in [5.74, 6) is 1.66. The van der Waals surface area contributed by atoms with E-state index in [2.05, 4.69) is 44.7 Å². The van der Waals surface area contributed by atoms with E-state index in [-0.39, 0.29) is 12.1 Å². The summed E-state index contributed by atoms with van der Waals surface area (Å²) in [6.45, 7) is 10.9. The third-order valence-electron chi connectivity index (χ3n) is 4.40. The molecule has 2 N–H and O–H groups in total. The van der Waals surface area contributed by atoms with Gasteiger partial charge in [-0.05, 0) is 25.5 Å². The molecular formula is C18H32N2O. The Kier molecular flexibility index (Phi) is 7.76. The minimum Gasteiger partial charge on any atom is -0.496 e. The Morgan fingerprint density at radius 2 is 1.76 bits per heavy atom. The molecule has 0 bridgehead atoms. The molecule has 0 spiro atoms. The lowest BCUT2D eigenvalue weighted by Gasteiger charge is -2.36. The van der Waals surface area contributed by atoms with Crippen LogP contribution in [0, 0.1) is 5.92 Å². The molecule has 0 saturated heterocycles. The predicted molar refractivity (Wildman–Crippen MR) is 90.7 cm³/mol. The molecule has 1 rings (SSSR count). The van der Waals surface area contributed by atoms with Crippen LogP contribution in [0.1, 0.15) is 52.1 Å². The van der Waals surface area contributed by atoms with Crippen molar-refractivity contribution in [1.29, 1.82) is 0 Å². The van der Waals surface area contributed by atoms with E-state index in [0.717, 1.165) is 24.8 Å². The van der Waals surface area contributed by atoms with E-state index >= 15 is 0 Å². The molecule has 0 aliphatic rings. The maximum Gasteiger partial charge on any atom is 0.123 e. The normalized spacial score (nSPS) is 14.5. The van der Waals surface area contributed by atoms with Crippen LogP contribution in [0.3, 0.4) is 0 Å². The van der Waals surface area contributed by atoms with E-state index < -0.39 is 0 Å². The summed E-state index contributed by atoms with van der Waals surface area (Å²) < 4.78 is 5.55. The van der Waals surface area contributed by atoms with Crippen molar-refractivity contribution in [3.8, 4) is 5.75 Å². The van der Waals surface area contributed by atoms with Gasteiger partial charge in [0.05, 0.1) is 13.2 Å². The predicted octanol–water partition coefficient (Wildman–Crippen LogP) is 3.84. The lowest BCUT2D eigenvalue weighted by Crippen LogP contribution is -2.41. The number of hydrogen-bond donors (Lipinski definition) is 1. The van der Waals surface area contributed by atoms with E-state index in [4.69, 9.17) is 10.5 Å². The molecule has 1 aromatic rings. The van der Waals surface area contributed by atoms with Gasteiger partial charge in [-0.15, -0.1) is 0 Å². The number of ether oxygens (including phenoxy) is 1. The van der Waals surface area contributed by atoms with Gasteiger partial charge in [0.25, 0.3) is 0 Å².